The van der Waals surface area contributed by atoms with E-state index in [1.165, 1.54) is 0 Å². The maximum absolute atomic E-state index is 5.29. The van der Waals surface area contributed by atoms with E-state index in [0.717, 1.165) is 11.3 Å². The highest BCUT2D eigenvalue weighted by molar-refractivity contribution is 5.44. The van der Waals surface area contributed by atoms with Crippen LogP contribution in [0, 0.1) is 13.8 Å². The molecule has 0 atom stereocenters. The van der Waals surface area contributed by atoms with Crippen LogP contribution >= 0.6 is 0 Å². The van der Waals surface area contributed by atoms with E-state index in [1.807, 2.05) is 19.9 Å². The Bertz CT molecular complexity index is 445. The minimum Gasteiger partial charge on any atom is -0.292 e. The molecule has 0 aliphatic carbocycles. The van der Waals surface area contributed by atoms with Crippen molar-refractivity contribution in [1.29, 1.82) is 0 Å². The first-order valence-electron chi connectivity index (χ1n) is 3.88. The molecule has 0 aliphatic rings. The number of nitrogen functional groups attached to an aromatic ring is 1. The fraction of sp³-hybridized carbons (Fsp3) is 0.286. The molecule has 0 aliphatic heterocycles. The number of aryl methyl sites for hydroxylation is 2. The largest absolute Gasteiger partial charge is 0.292 e. The Labute approximate surface area is 74.8 Å². The zero-order chi connectivity index (χ0) is 9.42. The standard InChI is InChI=1S/C7H10N6/c1-4-3-6-9-5(2)10-7(11-8)13(6)12-4/h3H,8H2,1-2H3,(H,9,10,11). The third-order valence-electron chi connectivity index (χ3n) is 1.69. The van der Waals surface area contributed by atoms with Gasteiger partial charge in [-0.3, -0.25) is 5.43 Å². The first-order chi connectivity index (χ1) is 6.20. The van der Waals surface area contributed by atoms with Crippen molar-refractivity contribution < 1.29 is 0 Å². The first kappa shape index (κ1) is 7.93. The second-order valence-corrected chi connectivity index (χ2v) is 2.79. The smallest absolute Gasteiger partial charge is 0.242 e. The Hall–Kier alpha value is -1.69. The van der Waals surface area contributed by atoms with Crippen LogP contribution in [-0.2, 0) is 0 Å². The summed E-state index contributed by atoms with van der Waals surface area (Å²) in [6.45, 7) is 3.70. The highest BCUT2D eigenvalue weighted by Gasteiger charge is 2.05. The quantitative estimate of drug-likeness (QED) is 0.475. The third-order valence-corrected chi connectivity index (χ3v) is 1.69. The van der Waals surface area contributed by atoms with Crippen molar-refractivity contribution in [3.05, 3.63) is 17.6 Å². The zero-order valence-corrected chi connectivity index (χ0v) is 7.44. The fourth-order valence-corrected chi connectivity index (χ4v) is 1.21. The van der Waals surface area contributed by atoms with Gasteiger partial charge in [0.15, 0.2) is 5.65 Å². The topological polar surface area (TPSA) is 81.1 Å². The summed E-state index contributed by atoms with van der Waals surface area (Å²) in [5, 5.41) is 4.17. The van der Waals surface area contributed by atoms with Crippen LogP contribution in [0.3, 0.4) is 0 Å². The SMILES string of the molecule is Cc1cc2nc(C)nc(NN)n2n1. The van der Waals surface area contributed by atoms with Crippen LogP contribution in [0.25, 0.3) is 5.65 Å². The lowest BCUT2D eigenvalue weighted by atomic mass is 10.5. The molecule has 0 spiro atoms. The highest BCUT2D eigenvalue weighted by atomic mass is 15.4. The number of nitrogens with one attached hydrogen (secondary N) is 1. The normalized spacial score (nSPS) is 10.7. The highest BCUT2D eigenvalue weighted by Crippen LogP contribution is 2.08. The minimum atomic E-state index is 0.496. The minimum absolute atomic E-state index is 0.496. The van der Waals surface area contributed by atoms with Crippen LogP contribution in [0.5, 0.6) is 0 Å². The second-order valence-electron chi connectivity index (χ2n) is 2.79. The molecule has 0 saturated carbocycles. The molecule has 6 nitrogen and oxygen atoms in total. The summed E-state index contributed by atoms with van der Waals surface area (Å²) in [5.74, 6) is 6.46. The van der Waals surface area contributed by atoms with Gasteiger partial charge < -0.3 is 0 Å². The monoisotopic (exact) mass is 178 g/mol. The average Bonchev–Trinajstić information content (AvgIpc) is 2.43. The molecule has 0 aromatic carbocycles. The molecule has 0 radical (unpaired) electrons. The summed E-state index contributed by atoms with van der Waals surface area (Å²) >= 11 is 0. The number of aromatic nitrogens is 4. The maximum Gasteiger partial charge on any atom is 0.242 e. The van der Waals surface area contributed by atoms with Crippen LogP contribution in [0.4, 0.5) is 5.95 Å². The zero-order valence-electron chi connectivity index (χ0n) is 7.44. The second kappa shape index (κ2) is 2.67. The van der Waals surface area contributed by atoms with Crippen LogP contribution in [0.2, 0.25) is 0 Å². The van der Waals surface area contributed by atoms with Gasteiger partial charge in [-0.25, -0.2) is 10.8 Å². The molecule has 2 aromatic rings. The first-order valence-corrected chi connectivity index (χ1v) is 3.88. The van der Waals surface area contributed by atoms with Crippen molar-refractivity contribution in [1.82, 2.24) is 19.6 Å². The lowest BCUT2D eigenvalue weighted by Gasteiger charge is -2.01. The van der Waals surface area contributed by atoms with Crippen LogP contribution in [0.15, 0.2) is 6.07 Å². The van der Waals surface area contributed by atoms with Gasteiger partial charge in [0.25, 0.3) is 0 Å². The van der Waals surface area contributed by atoms with Gasteiger partial charge in [0, 0.05) is 6.07 Å². The number of hydrazine groups is 1. The molecule has 2 rings (SSSR count). The Kier molecular flexibility index (Phi) is 1.63. The number of hydrogen-bond donors (Lipinski definition) is 2. The van der Waals surface area contributed by atoms with E-state index in [1.54, 1.807) is 4.52 Å². The number of nitrogens with two attached hydrogens (primary N) is 1. The molecule has 13 heavy (non-hydrogen) atoms. The van der Waals surface area contributed by atoms with E-state index in [0.29, 0.717) is 11.8 Å². The summed E-state index contributed by atoms with van der Waals surface area (Å²) in [7, 11) is 0. The van der Waals surface area contributed by atoms with E-state index in [2.05, 4.69) is 20.5 Å². The average molecular weight is 178 g/mol. The van der Waals surface area contributed by atoms with Crippen LogP contribution in [-0.4, -0.2) is 19.6 Å². The van der Waals surface area contributed by atoms with Crippen LogP contribution in [0.1, 0.15) is 11.5 Å². The molecule has 2 heterocycles. The molecule has 0 unspecified atom stereocenters. The Morgan fingerprint density at radius 1 is 1.38 bits per heavy atom. The predicted octanol–water partition coefficient (Wildman–Crippen LogP) is 0.0267. The molecule has 0 saturated heterocycles. The molecule has 0 bridgehead atoms. The van der Waals surface area contributed by atoms with Crippen molar-refractivity contribution in [2.24, 2.45) is 5.84 Å². The maximum atomic E-state index is 5.29. The fourth-order valence-electron chi connectivity index (χ4n) is 1.21. The van der Waals surface area contributed by atoms with E-state index >= 15 is 0 Å². The summed E-state index contributed by atoms with van der Waals surface area (Å²) in [5.41, 5.74) is 4.11. The van der Waals surface area contributed by atoms with Crippen molar-refractivity contribution >= 4 is 11.6 Å². The Morgan fingerprint density at radius 2 is 2.15 bits per heavy atom. The number of nitrogens with zero attached hydrogens (tertiary/aromatic N) is 4. The van der Waals surface area contributed by atoms with Gasteiger partial charge in [-0.2, -0.15) is 14.6 Å². The van der Waals surface area contributed by atoms with Gasteiger partial charge in [-0.15, -0.1) is 0 Å². The van der Waals surface area contributed by atoms with Gasteiger partial charge in [-0.1, -0.05) is 0 Å². The Balaban J connectivity index is 2.80. The molecular formula is C7H10N6. The molecule has 2 aromatic heterocycles. The predicted molar refractivity (Wildman–Crippen MR) is 48.1 cm³/mol. The van der Waals surface area contributed by atoms with Gasteiger partial charge in [-0.05, 0) is 13.8 Å². The summed E-state index contributed by atoms with van der Waals surface area (Å²) in [6.07, 6.45) is 0. The van der Waals surface area contributed by atoms with E-state index in [4.69, 9.17) is 5.84 Å². The molecule has 6 heteroatoms. The molecular weight excluding hydrogens is 168 g/mol. The summed E-state index contributed by atoms with van der Waals surface area (Å²) in [6, 6.07) is 1.87. The Morgan fingerprint density at radius 3 is 2.85 bits per heavy atom. The van der Waals surface area contributed by atoms with Crippen molar-refractivity contribution in [3.8, 4) is 0 Å². The number of anilines is 1. The van der Waals surface area contributed by atoms with E-state index < -0.39 is 0 Å². The molecule has 0 amide bonds. The van der Waals surface area contributed by atoms with Gasteiger partial charge in [0.1, 0.15) is 5.82 Å². The van der Waals surface area contributed by atoms with Gasteiger partial charge in [0.05, 0.1) is 5.69 Å². The number of fused-ring (bicyclic) bond motifs is 1. The van der Waals surface area contributed by atoms with Crippen LogP contribution < -0.4 is 11.3 Å². The third kappa shape index (κ3) is 1.20. The number of hydrogen-bond acceptors (Lipinski definition) is 5. The lowest BCUT2D eigenvalue weighted by molar-refractivity contribution is 0.858. The van der Waals surface area contributed by atoms with E-state index in [9.17, 15) is 0 Å². The summed E-state index contributed by atoms with van der Waals surface area (Å²) in [4.78, 5) is 8.29. The van der Waals surface area contributed by atoms with E-state index in [-0.39, 0.29) is 0 Å². The van der Waals surface area contributed by atoms with Crippen molar-refractivity contribution in [2.75, 3.05) is 5.43 Å². The number of rotatable bonds is 1. The van der Waals surface area contributed by atoms with Crippen molar-refractivity contribution in [2.45, 2.75) is 13.8 Å². The van der Waals surface area contributed by atoms with Crippen molar-refractivity contribution in [3.63, 3.8) is 0 Å². The lowest BCUT2D eigenvalue weighted by Crippen LogP contribution is -2.14. The van der Waals surface area contributed by atoms with Gasteiger partial charge in [0.2, 0.25) is 5.95 Å². The molecule has 0 fully saturated rings. The molecule has 68 valence electrons. The van der Waals surface area contributed by atoms with Gasteiger partial charge >= 0.3 is 0 Å². The molecule has 3 N–H and O–H groups in total. The summed E-state index contributed by atoms with van der Waals surface area (Å²) < 4.78 is 1.57.